The number of rotatable bonds is 2. The zero-order valence-electron chi connectivity index (χ0n) is 23.5. The van der Waals surface area contributed by atoms with Crippen LogP contribution < -0.4 is 18.9 Å². The van der Waals surface area contributed by atoms with Gasteiger partial charge in [-0.2, -0.15) is 0 Å². The van der Waals surface area contributed by atoms with Crippen molar-refractivity contribution >= 4 is 11.6 Å². The Balaban J connectivity index is 1.47. The summed E-state index contributed by atoms with van der Waals surface area (Å²) in [6, 6.07) is 11.2. The molecule has 40 heavy (non-hydrogen) atoms. The van der Waals surface area contributed by atoms with Crippen molar-refractivity contribution in [3.05, 3.63) is 70.2 Å². The normalized spacial score (nSPS) is 28.6. The molecule has 0 saturated carbocycles. The average Bonchev–Trinajstić information content (AvgIpc) is 2.94. The highest BCUT2D eigenvalue weighted by atomic mass is 16.6. The third kappa shape index (κ3) is 3.31. The number of fused-ring (bicyclic) bond motifs is 9. The first-order chi connectivity index (χ1) is 19.1. The summed E-state index contributed by atoms with van der Waals surface area (Å²) in [6.07, 6.45) is 0. The minimum atomic E-state index is -0.703. The van der Waals surface area contributed by atoms with E-state index in [1.165, 1.54) is 0 Å². The summed E-state index contributed by atoms with van der Waals surface area (Å²) in [5, 5.41) is 0. The Kier molecular flexibility index (Phi) is 5.19. The van der Waals surface area contributed by atoms with E-state index in [0.717, 1.165) is 11.1 Å². The van der Waals surface area contributed by atoms with Gasteiger partial charge in [-0.1, -0.05) is 12.1 Å². The molecule has 0 fully saturated rings. The number of carbonyl (C=O) groups excluding carboxylic acids is 2. The van der Waals surface area contributed by atoms with Crippen molar-refractivity contribution in [2.24, 2.45) is 11.8 Å². The molecule has 2 aromatic rings. The van der Waals surface area contributed by atoms with Gasteiger partial charge >= 0.3 is 0 Å². The summed E-state index contributed by atoms with van der Waals surface area (Å²) in [5.74, 6) is 1.06. The maximum atomic E-state index is 14.2. The summed E-state index contributed by atoms with van der Waals surface area (Å²) in [5.41, 5.74) is 0.958. The minimum Gasteiger partial charge on any atom is -0.497 e. The van der Waals surface area contributed by atoms with Crippen LogP contribution >= 0.6 is 0 Å². The molecular formula is C32H32O8. The van der Waals surface area contributed by atoms with Crippen LogP contribution in [0, 0.1) is 11.8 Å². The molecule has 7 rings (SSSR count). The number of allylic oxidation sites excluding steroid dienone is 2. The van der Waals surface area contributed by atoms with Crippen LogP contribution in [-0.4, -0.2) is 50.2 Å². The lowest BCUT2D eigenvalue weighted by molar-refractivity contribution is -0.140. The van der Waals surface area contributed by atoms with Crippen LogP contribution in [0.2, 0.25) is 0 Å². The molecule has 0 N–H and O–H groups in total. The molecule has 0 spiro atoms. The number of carbonyl (C=O) groups is 2. The number of ketones is 2. The first-order valence-corrected chi connectivity index (χ1v) is 13.6. The molecule has 5 aliphatic rings. The lowest BCUT2D eigenvalue weighted by Crippen LogP contribution is -2.54. The van der Waals surface area contributed by atoms with Crippen molar-refractivity contribution in [1.82, 2.24) is 0 Å². The molecule has 1 aliphatic carbocycles. The number of methoxy groups -OCH3 is 2. The number of hydrogen-bond donors (Lipinski definition) is 0. The fourth-order valence-electron chi connectivity index (χ4n) is 7.09. The molecule has 0 radical (unpaired) electrons. The highest BCUT2D eigenvalue weighted by Crippen LogP contribution is 2.59. The van der Waals surface area contributed by atoms with Crippen molar-refractivity contribution in [3.8, 4) is 23.0 Å². The maximum Gasteiger partial charge on any atom is 0.233 e. The van der Waals surface area contributed by atoms with Gasteiger partial charge < -0.3 is 28.4 Å². The zero-order chi connectivity index (χ0) is 28.1. The third-order valence-electron chi connectivity index (χ3n) is 9.28. The summed E-state index contributed by atoms with van der Waals surface area (Å²) in [6.45, 7) is 8.68. The monoisotopic (exact) mass is 544 g/mol. The maximum absolute atomic E-state index is 14.2. The van der Waals surface area contributed by atoms with Gasteiger partial charge in [0.05, 0.1) is 38.6 Å². The highest BCUT2D eigenvalue weighted by molar-refractivity contribution is 6.51. The van der Waals surface area contributed by atoms with Crippen molar-refractivity contribution in [3.63, 3.8) is 0 Å². The lowest BCUT2D eigenvalue weighted by atomic mass is 9.63. The topological polar surface area (TPSA) is 89.5 Å². The lowest BCUT2D eigenvalue weighted by Gasteiger charge is -2.53. The molecule has 0 saturated heterocycles. The van der Waals surface area contributed by atoms with Crippen molar-refractivity contribution in [1.29, 1.82) is 0 Å². The van der Waals surface area contributed by atoms with Crippen LogP contribution in [0.1, 0.15) is 50.7 Å². The Morgan fingerprint density at radius 1 is 0.675 bits per heavy atom. The molecule has 2 aromatic carbocycles. The van der Waals surface area contributed by atoms with E-state index in [0.29, 0.717) is 58.9 Å². The Labute approximate surface area is 232 Å². The van der Waals surface area contributed by atoms with Crippen LogP contribution in [0.15, 0.2) is 59.1 Å². The molecule has 8 nitrogen and oxygen atoms in total. The predicted octanol–water partition coefficient (Wildman–Crippen LogP) is 4.87. The van der Waals surface area contributed by atoms with Crippen LogP contribution in [0.4, 0.5) is 0 Å². The van der Waals surface area contributed by atoms with Gasteiger partial charge in [0.15, 0.2) is 11.5 Å². The molecule has 0 bridgehead atoms. The van der Waals surface area contributed by atoms with E-state index in [4.69, 9.17) is 28.4 Å². The van der Waals surface area contributed by atoms with E-state index in [9.17, 15) is 9.59 Å². The highest BCUT2D eigenvalue weighted by Gasteiger charge is 2.59. The smallest absolute Gasteiger partial charge is 0.233 e. The average molecular weight is 545 g/mol. The van der Waals surface area contributed by atoms with Gasteiger partial charge in [0.25, 0.3) is 0 Å². The van der Waals surface area contributed by atoms with Crippen LogP contribution in [-0.2, 0) is 19.1 Å². The number of ether oxygens (including phenoxy) is 6. The first-order valence-electron chi connectivity index (χ1n) is 13.6. The summed E-state index contributed by atoms with van der Waals surface area (Å²) in [7, 11) is 3.20. The third-order valence-corrected chi connectivity index (χ3v) is 9.28. The Bertz CT molecular complexity index is 1430. The molecule has 0 aromatic heterocycles. The number of Topliss-reactive ketones (excluding diaryl/α,β-unsaturated/α-hetero) is 2. The Morgan fingerprint density at radius 2 is 1.07 bits per heavy atom. The fourth-order valence-corrected chi connectivity index (χ4v) is 7.09. The largest absolute Gasteiger partial charge is 0.497 e. The van der Waals surface area contributed by atoms with E-state index < -0.39 is 34.6 Å². The Morgan fingerprint density at radius 3 is 1.45 bits per heavy atom. The molecule has 4 atom stereocenters. The van der Waals surface area contributed by atoms with E-state index >= 15 is 0 Å². The predicted molar refractivity (Wildman–Crippen MR) is 144 cm³/mol. The molecule has 0 unspecified atom stereocenters. The second-order valence-corrected chi connectivity index (χ2v) is 12.2. The van der Waals surface area contributed by atoms with E-state index in [1.54, 1.807) is 14.2 Å². The van der Waals surface area contributed by atoms with Gasteiger partial charge in [-0.15, -0.1) is 0 Å². The summed E-state index contributed by atoms with van der Waals surface area (Å²) in [4.78, 5) is 28.3. The van der Waals surface area contributed by atoms with Gasteiger partial charge in [-0.05, 0) is 39.8 Å². The van der Waals surface area contributed by atoms with Gasteiger partial charge in [-0.3, -0.25) is 9.59 Å². The molecular weight excluding hydrogens is 512 g/mol. The summed E-state index contributed by atoms with van der Waals surface area (Å²) >= 11 is 0. The van der Waals surface area contributed by atoms with E-state index in [1.807, 2.05) is 64.1 Å². The van der Waals surface area contributed by atoms with Crippen molar-refractivity contribution < 1.29 is 38.0 Å². The fraction of sp³-hybridized carbons (Fsp3) is 0.438. The Hall–Kier alpha value is -3.94. The standard InChI is InChI=1S/C32H32O8/c1-31(2)19-13-37-21-11-15(35-5)7-9-17(21)23(19)25-27(33)28(34)26-24-18-10-8-16(36-6)12-22(18)38-14-20(24)32(3,4)40-30(26)29(25)39-31/h7-12,19-20,23-24H,13-14H2,1-6H3/t19-,20-,23+,24+/m0/s1. The minimum absolute atomic E-state index is 0.188. The molecule has 8 heteroatoms. The first kappa shape index (κ1) is 25.1. The zero-order valence-corrected chi connectivity index (χ0v) is 23.5. The van der Waals surface area contributed by atoms with Crippen LogP contribution in [0.25, 0.3) is 0 Å². The van der Waals surface area contributed by atoms with Crippen LogP contribution in [0.5, 0.6) is 23.0 Å². The second-order valence-electron chi connectivity index (χ2n) is 12.2. The summed E-state index contributed by atoms with van der Waals surface area (Å²) < 4.78 is 36.4. The van der Waals surface area contributed by atoms with Crippen molar-refractivity contribution in [2.45, 2.75) is 50.7 Å². The molecule has 208 valence electrons. The number of benzene rings is 2. The second kappa shape index (κ2) is 8.29. The molecule has 0 amide bonds. The van der Waals surface area contributed by atoms with Gasteiger partial charge in [0.2, 0.25) is 11.6 Å². The van der Waals surface area contributed by atoms with Gasteiger partial charge in [-0.25, -0.2) is 0 Å². The number of hydrogen-bond acceptors (Lipinski definition) is 8. The molecule has 4 aliphatic heterocycles. The van der Waals surface area contributed by atoms with E-state index in [-0.39, 0.29) is 11.8 Å². The SMILES string of the molecule is COc1ccc2c(c1)OC[C@H]1[C@@H]2C2=C(OC1(C)C)C1=C(C(=O)C2=O)[C@@H]2c3ccc(OC)cc3OC[C@@H]2C(C)(C)O1. The van der Waals surface area contributed by atoms with Gasteiger partial charge in [0.1, 0.15) is 34.2 Å². The van der Waals surface area contributed by atoms with Crippen molar-refractivity contribution in [2.75, 3.05) is 27.4 Å². The van der Waals surface area contributed by atoms with Gasteiger partial charge in [0, 0.05) is 46.9 Å². The van der Waals surface area contributed by atoms with Crippen LogP contribution in [0.3, 0.4) is 0 Å². The molecule has 4 heterocycles. The van der Waals surface area contributed by atoms with E-state index in [2.05, 4.69) is 0 Å². The quantitative estimate of drug-likeness (QED) is 0.391.